The molecule has 0 heterocycles. The lowest BCUT2D eigenvalue weighted by molar-refractivity contribution is -0.114. The van der Waals surface area contributed by atoms with E-state index in [0.717, 1.165) is 5.69 Å². The van der Waals surface area contributed by atoms with Crippen LogP contribution in [-0.2, 0) is 4.79 Å². The van der Waals surface area contributed by atoms with Crippen molar-refractivity contribution in [3.8, 4) is 0 Å². The predicted octanol–water partition coefficient (Wildman–Crippen LogP) is 4.39. The molecule has 5 nitrogen and oxygen atoms in total. The van der Waals surface area contributed by atoms with Crippen LogP contribution in [-0.4, -0.2) is 23.9 Å². The average Bonchev–Trinajstić information content (AvgIpc) is 2.59. The zero-order valence-electron chi connectivity index (χ0n) is 16.7. The Labute approximate surface area is 161 Å². The van der Waals surface area contributed by atoms with Crippen molar-refractivity contribution in [1.82, 2.24) is 5.32 Å². The van der Waals surface area contributed by atoms with Gasteiger partial charge in [0.1, 0.15) is 0 Å². The Hall–Kier alpha value is -2.82. The summed E-state index contributed by atoms with van der Waals surface area (Å²) in [5.74, 6) is 0.0410. The number of carbonyl (C=O) groups excluding carboxylic acids is 2. The van der Waals surface area contributed by atoms with Crippen LogP contribution >= 0.6 is 0 Å². The molecular formula is C22H29N3O2. The highest BCUT2D eigenvalue weighted by Gasteiger charge is 2.15. The second kappa shape index (κ2) is 8.71. The Bertz CT molecular complexity index is 807. The Balaban J connectivity index is 1.98. The van der Waals surface area contributed by atoms with Crippen molar-refractivity contribution in [3.05, 3.63) is 59.7 Å². The van der Waals surface area contributed by atoms with E-state index in [1.807, 2.05) is 39.0 Å². The van der Waals surface area contributed by atoms with Crippen molar-refractivity contribution in [3.63, 3.8) is 0 Å². The fourth-order valence-corrected chi connectivity index (χ4v) is 2.69. The maximum Gasteiger partial charge on any atom is 0.251 e. The molecule has 0 aliphatic rings. The largest absolute Gasteiger partial charge is 0.376 e. The van der Waals surface area contributed by atoms with Gasteiger partial charge in [-0.05, 0) is 56.5 Å². The third kappa shape index (κ3) is 6.44. The number of amides is 2. The van der Waals surface area contributed by atoms with E-state index in [1.54, 1.807) is 24.3 Å². The number of anilines is 2. The molecule has 0 unspecified atom stereocenters. The molecule has 2 rings (SSSR count). The van der Waals surface area contributed by atoms with Crippen molar-refractivity contribution in [2.24, 2.45) is 0 Å². The smallest absolute Gasteiger partial charge is 0.251 e. The van der Waals surface area contributed by atoms with E-state index >= 15 is 0 Å². The second-order valence-corrected chi connectivity index (χ2v) is 7.93. The van der Waals surface area contributed by atoms with Gasteiger partial charge in [0, 0.05) is 22.5 Å². The number of benzene rings is 2. The van der Waals surface area contributed by atoms with Gasteiger partial charge < -0.3 is 16.0 Å². The molecule has 5 heteroatoms. The molecule has 2 amide bonds. The minimum atomic E-state index is -0.315. The van der Waals surface area contributed by atoms with Crippen LogP contribution in [0.1, 0.15) is 56.5 Å². The van der Waals surface area contributed by atoms with Crippen LogP contribution in [0.3, 0.4) is 0 Å². The number of rotatable bonds is 6. The summed E-state index contributed by atoms with van der Waals surface area (Å²) in [6.07, 6.45) is 0. The molecule has 27 heavy (non-hydrogen) atoms. The van der Waals surface area contributed by atoms with E-state index in [0.29, 0.717) is 17.2 Å². The molecule has 0 fully saturated rings. The van der Waals surface area contributed by atoms with E-state index in [1.165, 1.54) is 5.56 Å². The fourth-order valence-electron chi connectivity index (χ4n) is 2.69. The molecule has 0 radical (unpaired) electrons. The first-order valence-electron chi connectivity index (χ1n) is 9.21. The molecule has 0 aromatic heterocycles. The van der Waals surface area contributed by atoms with Crippen LogP contribution in [0.2, 0.25) is 0 Å². The van der Waals surface area contributed by atoms with Crippen LogP contribution in [0.4, 0.5) is 11.4 Å². The van der Waals surface area contributed by atoms with Gasteiger partial charge in [-0.2, -0.15) is 0 Å². The summed E-state index contributed by atoms with van der Waals surface area (Å²) in [6, 6.07) is 14.9. The van der Waals surface area contributed by atoms with Crippen LogP contribution in [0, 0.1) is 0 Å². The Morgan fingerprint density at radius 2 is 1.70 bits per heavy atom. The van der Waals surface area contributed by atoms with E-state index < -0.39 is 0 Å². The highest BCUT2D eigenvalue weighted by Crippen LogP contribution is 2.23. The first-order chi connectivity index (χ1) is 12.7. The lowest BCUT2D eigenvalue weighted by Crippen LogP contribution is -2.40. The van der Waals surface area contributed by atoms with Gasteiger partial charge >= 0.3 is 0 Å². The van der Waals surface area contributed by atoms with Crippen molar-refractivity contribution in [2.75, 3.05) is 17.2 Å². The molecule has 0 bridgehead atoms. The molecule has 144 valence electrons. The normalized spacial score (nSPS) is 11.2. The van der Waals surface area contributed by atoms with E-state index in [9.17, 15) is 9.59 Å². The topological polar surface area (TPSA) is 70.2 Å². The number of hydrogen-bond donors (Lipinski definition) is 3. The molecule has 0 saturated carbocycles. The Morgan fingerprint density at radius 1 is 1.00 bits per heavy atom. The highest BCUT2D eigenvalue weighted by molar-refractivity contribution is 5.98. The van der Waals surface area contributed by atoms with E-state index in [2.05, 4.69) is 35.9 Å². The Kier molecular flexibility index (Phi) is 6.61. The van der Waals surface area contributed by atoms with Gasteiger partial charge in [0.25, 0.3) is 5.91 Å². The van der Waals surface area contributed by atoms with Gasteiger partial charge in [0.05, 0.1) is 6.54 Å². The molecular weight excluding hydrogens is 338 g/mol. The monoisotopic (exact) mass is 367 g/mol. The molecule has 0 saturated heterocycles. The van der Waals surface area contributed by atoms with Crippen molar-refractivity contribution < 1.29 is 9.59 Å². The van der Waals surface area contributed by atoms with E-state index in [-0.39, 0.29) is 23.9 Å². The predicted molar refractivity (Wildman–Crippen MR) is 111 cm³/mol. The van der Waals surface area contributed by atoms with Gasteiger partial charge in [-0.15, -0.1) is 0 Å². The zero-order chi connectivity index (χ0) is 20.0. The SMILES string of the molecule is CC(C)c1ccccc1NCC(=O)Nc1cccc(C(=O)NC(C)(C)C)c1. The third-order valence-electron chi connectivity index (χ3n) is 3.92. The number of carbonyl (C=O) groups is 2. The van der Waals surface area contributed by atoms with Crippen LogP contribution < -0.4 is 16.0 Å². The zero-order valence-corrected chi connectivity index (χ0v) is 16.7. The lowest BCUT2D eigenvalue weighted by Gasteiger charge is -2.20. The summed E-state index contributed by atoms with van der Waals surface area (Å²) in [5.41, 5.74) is 2.93. The summed E-state index contributed by atoms with van der Waals surface area (Å²) >= 11 is 0. The average molecular weight is 367 g/mol. The second-order valence-electron chi connectivity index (χ2n) is 7.93. The van der Waals surface area contributed by atoms with Gasteiger partial charge in [0.15, 0.2) is 0 Å². The van der Waals surface area contributed by atoms with Gasteiger partial charge in [-0.25, -0.2) is 0 Å². The van der Waals surface area contributed by atoms with Crippen LogP contribution in [0.25, 0.3) is 0 Å². The molecule has 2 aromatic carbocycles. The number of nitrogens with one attached hydrogen (secondary N) is 3. The van der Waals surface area contributed by atoms with Crippen LogP contribution in [0.15, 0.2) is 48.5 Å². The lowest BCUT2D eigenvalue weighted by atomic mass is 10.0. The summed E-state index contributed by atoms with van der Waals surface area (Å²) < 4.78 is 0. The fraction of sp³-hybridized carbons (Fsp3) is 0.364. The minimum absolute atomic E-state index is 0.155. The maximum absolute atomic E-state index is 12.3. The summed E-state index contributed by atoms with van der Waals surface area (Å²) in [5, 5.41) is 8.94. The summed E-state index contributed by atoms with van der Waals surface area (Å²) in [4.78, 5) is 24.6. The maximum atomic E-state index is 12.3. The van der Waals surface area contributed by atoms with Gasteiger partial charge in [0.2, 0.25) is 5.91 Å². The molecule has 0 spiro atoms. The minimum Gasteiger partial charge on any atom is -0.376 e. The van der Waals surface area contributed by atoms with Crippen molar-refractivity contribution in [1.29, 1.82) is 0 Å². The van der Waals surface area contributed by atoms with Crippen molar-refractivity contribution in [2.45, 2.75) is 46.1 Å². The quantitative estimate of drug-likeness (QED) is 0.709. The van der Waals surface area contributed by atoms with Gasteiger partial charge in [-0.1, -0.05) is 38.1 Å². The third-order valence-corrected chi connectivity index (χ3v) is 3.92. The molecule has 2 aromatic rings. The Morgan fingerprint density at radius 3 is 2.37 bits per heavy atom. The molecule has 0 aliphatic heterocycles. The van der Waals surface area contributed by atoms with E-state index in [4.69, 9.17) is 0 Å². The van der Waals surface area contributed by atoms with Crippen LogP contribution in [0.5, 0.6) is 0 Å². The first-order valence-corrected chi connectivity index (χ1v) is 9.21. The first kappa shape index (κ1) is 20.5. The standard InChI is InChI=1S/C22H29N3O2/c1-15(2)18-11-6-7-12-19(18)23-14-20(26)24-17-10-8-9-16(13-17)21(27)25-22(3,4)5/h6-13,15,23H,14H2,1-5H3,(H,24,26)(H,25,27). The number of para-hydroxylation sites is 1. The number of hydrogen-bond acceptors (Lipinski definition) is 3. The summed E-state index contributed by atoms with van der Waals surface area (Å²) in [6.45, 7) is 10.2. The van der Waals surface area contributed by atoms with Crippen molar-refractivity contribution >= 4 is 23.2 Å². The molecule has 0 atom stereocenters. The molecule has 0 aliphatic carbocycles. The molecule has 3 N–H and O–H groups in total. The summed E-state index contributed by atoms with van der Waals surface area (Å²) in [7, 11) is 0. The highest BCUT2D eigenvalue weighted by atomic mass is 16.2. The van der Waals surface area contributed by atoms with Gasteiger partial charge in [-0.3, -0.25) is 9.59 Å².